The van der Waals surface area contributed by atoms with Crippen molar-refractivity contribution in [1.82, 2.24) is 9.78 Å². The minimum atomic E-state index is -1.53. The summed E-state index contributed by atoms with van der Waals surface area (Å²) in [5.74, 6) is -3.88. The predicted octanol–water partition coefficient (Wildman–Crippen LogP) is 5.09. The Morgan fingerprint density at radius 2 is 1.74 bits per heavy atom. The Labute approximate surface area is 220 Å². The van der Waals surface area contributed by atoms with Gasteiger partial charge in [0.05, 0.1) is 17.1 Å². The molecule has 5 rings (SSSR count). The van der Waals surface area contributed by atoms with E-state index in [9.17, 15) is 18.8 Å². The molecular formula is C28H21ClF2N4O3. The van der Waals surface area contributed by atoms with Crippen molar-refractivity contribution in [2.24, 2.45) is 11.7 Å². The zero-order chi connectivity index (χ0) is 27.0. The molecule has 2 atom stereocenters. The maximum absolute atomic E-state index is 15.3. The third kappa shape index (κ3) is 4.68. The van der Waals surface area contributed by atoms with Crippen LogP contribution < -0.4 is 11.1 Å². The second-order valence-electron chi connectivity index (χ2n) is 8.87. The predicted molar refractivity (Wildman–Crippen MR) is 140 cm³/mol. The molecule has 0 spiro atoms. The number of nitrogens with one attached hydrogen (secondary N) is 1. The zero-order valence-electron chi connectivity index (χ0n) is 19.8. The van der Waals surface area contributed by atoms with E-state index < -0.39 is 35.5 Å². The molecule has 0 saturated heterocycles. The average Bonchev–Trinajstić information content (AvgIpc) is 3.47. The summed E-state index contributed by atoms with van der Waals surface area (Å²) in [7, 11) is 0. The van der Waals surface area contributed by atoms with Crippen LogP contribution in [-0.2, 0) is 16.1 Å². The first-order valence-electron chi connectivity index (χ1n) is 11.7. The molecule has 0 radical (unpaired) electrons. The molecule has 1 aliphatic rings. The van der Waals surface area contributed by atoms with Crippen LogP contribution in [0.4, 0.5) is 14.5 Å². The Morgan fingerprint density at radius 1 is 1.03 bits per heavy atom. The molecule has 192 valence electrons. The highest BCUT2D eigenvalue weighted by Crippen LogP contribution is 2.35. The van der Waals surface area contributed by atoms with Crippen molar-refractivity contribution < 1.29 is 23.2 Å². The maximum atomic E-state index is 15.3. The highest BCUT2D eigenvalue weighted by Gasteiger charge is 2.36. The highest BCUT2D eigenvalue weighted by atomic mass is 35.5. The lowest BCUT2D eigenvalue weighted by Crippen LogP contribution is -2.28. The van der Waals surface area contributed by atoms with E-state index in [1.54, 1.807) is 54.6 Å². The molecule has 3 N–H and O–H groups in total. The van der Waals surface area contributed by atoms with E-state index >= 15 is 4.39 Å². The van der Waals surface area contributed by atoms with Gasteiger partial charge in [-0.05, 0) is 30.7 Å². The average molecular weight is 535 g/mol. The van der Waals surface area contributed by atoms with Crippen LogP contribution in [0.15, 0.2) is 78.4 Å². The molecule has 4 aromatic rings. The minimum Gasteiger partial charge on any atom is -0.364 e. The number of benzene rings is 3. The van der Waals surface area contributed by atoms with Gasteiger partial charge in [0.15, 0.2) is 17.3 Å². The van der Waals surface area contributed by atoms with Crippen molar-refractivity contribution in [2.75, 3.05) is 5.32 Å². The van der Waals surface area contributed by atoms with Gasteiger partial charge in [-0.15, -0.1) is 0 Å². The molecule has 0 bridgehead atoms. The molecule has 1 aliphatic carbocycles. The monoisotopic (exact) mass is 534 g/mol. The number of anilines is 1. The van der Waals surface area contributed by atoms with Crippen LogP contribution >= 0.6 is 11.6 Å². The fourth-order valence-corrected chi connectivity index (χ4v) is 4.90. The van der Waals surface area contributed by atoms with Gasteiger partial charge in [-0.3, -0.25) is 19.1 Å². The quantitative estimate of drug-likeness (QED) is 0.344. The van der Waals surface area contributed by atoms with Gasteiger partial charge in [0.1, 0.15) is 12.7 Å². The number of Topliss-reactive ketones (excluding diaryl/α,β-unsaturated/α-hetero) is 1. The molecule has 0 fully saturated rings. The fourth-order valence-electron chi connectivity index (χ4n) is 4.66. The molecular weight excluding hydrogens is 514 g/mol. The van der Waals surface area contributed by atoms with Gasteiger partial charge in [0, 0.05) is 27.1 Å². The van der Waals surface area contributed by atoms with Crippen LogP contribution in [0.2, 0.25) is 5.02 Å². The molecule has 0 aliphatic heterocycles. The third-order valence-electron chi connectivity index (χ3n) is 6.44. The van der Waals surface area contributed by atoms with E-state index in [1.807, 2.05) is 0 Å². The number of para-hydroxylation sites is 1. The number of fused-ring (bicyclic) bond motifs is 1. The molecule has 7 nitrogen and oxygen atoms in total. The number of amides is 2. The number of aromatic nitrogens is 2. The van der Waals surface area contributed by atoms with Gasteiger partial charge in [0.25, 0.3) is 5.91 Å². The highest BCUT2D eigenvalue weighted by molar-refractivity contribution is 6.33. The van der Waals surface area contributed by atoms with Crippen molar-refractivity contribution in [3.8, 4) is 11.1 Å². The van der Waals surface area contributed by atoms with Gasteiger partial charge >= 0.3 is 0 Å². The molecule has 0 saturated carbocycles. The van der Waals surface area contributed by atoms with Crippen molar-refractivity contribution in [2.45, 2.75) is 19.1 Å². The first kappa shape index (κ1) is 25.3. The second kappa shape index (κ2) is 10.2. The fraction of sp³-hybridized carbons (Fsp3) is 0.143. The molecule has 10 heteroatoms. The number of carbonyl (C=O) groups is 3. The summed E-state index contributed by atoms with van der Waals surface area (Å²) in [6.45, 7) is -0.341. The Hall–Kier alpha value is -4.37. The number of halogens is 3. The van der Waals surface area contributed by atoms with Crippen LogP contribution in [0.1, 0.15) is 16.9 Å². The summed E-state index contributed by atoms with van der Waals surface area (Å²) in [6.07, 6.45) is -0.686. The Bertz CT molecular complexity index is 1630. The summed E-state index contributed by atoms with van der Waals surface area (Å²) in [4.78, 5) is 38.2. The van der Waals surface area contributed by atoms with Crippen LogP contribution in [0.25, 0.3) is 22.0 Å². The van der Waals surface area contributed by atoms with Crippen molar-refractivity contribution in [1.29, 1.82) is 0 Å². The number of nitrogens with zero attached hydrogens (tertiary/aromatic N) is 2. The number of carbonyl (C=O) groups excluding carboxylic acids is 3. The second-order valence-corrected chi connectivity index (χ2v) is 9.28. The van der Waals surface area contributed by atoms with E-state index in [2.05, 4.69) is 10.4 Å². The Morgan fingerprint density at radius 3 is 2.50 bits per heavy atom. The first-order chi connectivity index (χ1) is 18.2. The number of ketones is 1. The van der Waals surface area contributed by atoms with Crippen LogP contribution in [0.5, 0.6) is 0 Å². The van der Waals surface area contributed by atoms with Gasteiger partial charge in [-0.1, -0.05) is 60.1 Å². The van der Waals surface area contributed by atoms with Gasteiger partial charge in [-0.25, -0.2) is 8.78 Å². The maximum Gasteiger partial charge on any atom is 0.269 e. The standard InChI is InChI=1S/C28H21ClF2N4O3/c29-21-9-3-1-6-16(21)17-8-5-10-22(25(17)31)33-28(38)20-13-15(30)12-19(20)24(36)14-35-23-11-4-2-7-18(23)26(34-35)27(32)37/h1-12,15,20H,13-14H2,(H2,32,37)(H,33,38)/t15?,20-/m1/s1. The largest absolute Gasteiger partial charge is 0.364 e. The van der Waals surface area contributed by atoms with Crippen molar-refractivity contribution >= 4 is 45.8 Å². The van der Waals surface area contributed by atoms with Crippen molar-refractivity contribution in [3.05, 3.63) is 94.9 Å². The molecule has 1 aromatic heterocycles. The lowest BCUT2D eigenvalue weighted by atomic mass is 9.96. The normalized spacial score (nSPS) is 16.9. The number of hydrogen-bond acceptors (Lipinski definition) is 4. The molecule has 2 amide bonds. The topological polar surface area (TPSA) is 107 Å². The minimum absolute atomic E-state index is 0.000314. The Balaban J connectivity index is 1.39. The number of primary amides is 1. The van der Waals surface area contributed by atoms with Crippen LogP contribution in [0, 0.1) is 11.7 Å². The van der Waals surface area contributed by atoms with Crippen molar-refractivity contribution in [3.63, 3.8) is 0 Å². The third-order valence-corrected chi connectivity index (χ3v) is 6.77. The first-order valence-corrected chi connectivity index (χ1v) is 12.1. The van der Waals surface area contributed by atoms with E-state index in [0.29, 0.717) is 21.5 Å². The summed E-state index contributed by atoms with van der Waals surface area (Å²) < 4.78 is 31.1. The SMILES string of the molecule is NC(=O)c1nn(CC(=O)C2=CC(F)C[C@H]2C(=O)Nc2cccc(-c3ccccc3Cl)c2F)c2ccccc12. The number of rotatable bonds is 7. The molecule has 1 unspecified atom stereocenters. The number of allylic oxidation sites excluding steroid dienone is 1. The lowest BCUT2D eigenvalue weighted by Gasteiger charge is -2.16. The summed E-state index contributed by atoms with van der Waals surface area (Å²) >= 11 is 6.21. The number of nitrogens with two attached hydrogens (primary N) is 1. The Kier molecular flexibility index (Phi) is 6.77. The van der Waals surface area contributed by atoms with Crippen LogP contribution in [0.3, 0.4) is 0 Å². The summed E-state index contributed by atoms with van der Waals surface area (Å²) in [5, 5.41) is 7.46. The zero-order valence-corrected chi connectivity index (χ0v) is 20.6. The van der Waals surface area contributed by atoms with E-state index in [0.717, 1.165) is 6.08 Å². The lowest BCUT2D eigenvalue weighted by molar-refractivity contribution is -0.122. The number of hydrogen-bond donors (Lipinski definition) is 2. The summed E-state index contributed by atoms with van der Waals surface area (Å²) in [6, 6.07) is 17.9. The molecule has 38 heavy (non-hydrogen) atoms. The smallest absolute Gasteiger partial charge is 0.269 e. The van der Waals surface area contributed by atoms with E-state index in [4.69, 9.17) is 17.3 Å². The van der Waals surface area contributed by atoms with Gasteiger partial charge in [-0.2, -0.15) is 5.10 Å². The molecule has 1 heterocycles. The van der Waals surface area contributed by atoms with E-state index in [-0.39, 0.29) is 35.5 Å². The van der Waals surface area contributed by atoms with E-state index in [1.165, 1.54) is 16.8 Å². The summed E-state index contributed by atoms with van der Waals surface area (Å²) in [5.41, 5.74) is 6.38. The van der Waals surface area contributed by atoms with Gasteiger partial charge < -0.3 is 11.1 Å². The van der Waals surface area contributed by atoms with Gasteiger partial charge in [0.2, 0.25) is 5.91 Å². The van der Waals surface area contributed by atoms with Crippen LogP contribution in [-0.4, -0.2) is 33.5 Å². The molecule has 3 aromatic carbocycles. The number of alkyl halides is 1.